The van der Waals surface area contributed by atoms with Gasteiger partial charge in [0.1, 0.15) is 0 Å². The molecule has 0 saturated heterocycles. The second-order valence-corrected chi connectivity index (χ2v) is 4.09. The van der Waals surface area contributed by atoms with Crippen molar-refractivity contribution in [2.24, 2.45) is 5.73 Å². The SMILES string of the molecule is CCC(N)CNc1nc2ccc([N+](=O)[O-])cc2[nH]1. The van der Waals surface area contributed by atoms with E-state index in [1.807, 2.05) is 6.92 Å². The lowest BCUT2D eigenvalue weighted by Gasteiger charge is -2.08. The minimum Gasteiger partial charge on any atom is -0.354 e. The molecule has 0 saturated carbocycles. The number of benzene rings is 1. The van der Waals surface area contributed by atoms with Crippen LogP contribution in [0.4, 0.5) is 11.6 Å². The monoisotopic (exact) mass is 249 g/mol. The van der Waals surface area contributed by atoms with E-state index in [1.165, 1.54) is 12.1 Å². The van der Waals surface area contributed by atoms with Crippen molar-refractivity contribution in [2.75, 3.05) is 11.9 Å². The van der Waals surface area contributed by atoms with E-state index in [1.54, 1.807) is 6.07 Å². The molecular weight excluding hydrogens is 234 g/mol. The summed E-state index contributed by atoms with van der Waals surface area (Å²) in [6.07, 6.45) is 0.874. The molecule has 18 heavy (non-hydrogen) atoms. The van der Waals surface area contributed by atoms with E-state index in [4.69, 9.17) is 5.73 Å². The highest BCUT2D eigenvalue weighted by atomic mass is 16.6. The third-order valence-electron chi connectivity index (χ3n) is 2.73. The van der Waals surface area contributed by atoms with Crippen molar-refractivity contribution in [3.63, 3.8) is 0 Å². The molecular formula is C11H15N5O2. The zero-order valence-electron chi connectivity index (χ0n) is 10.0. The van der Waals surface area contributed by atoms with E-state index in [9.17, 15) is 10.1 Å². The average Bonchev–Trinajstić information content (AvgIpc) is 2.77. The van der Waals surface area contributed by atoms with Gasteiger partial charge in [0.2, 0.25) is 5.95 Å². The van der Waals surface area contributed by atoms with Gasteiger partial charge in [0.15, 0.2) is 0 Å². The van der Waals surface area contributed by atoms with Gasteiger partial charge in [-0.3, -0.25) is 10.1 Å². The molecule has 2 rings (SSSR count). The summed E-state index contributed by atoms with van der Waals surface area (Å²) in [4.78, 5) is 17.5. The van der Waals surface area contributed by atoms with Crippen molar-refractivity contribution in [3.05, 3.63) is 28.3 Å². The molecule has 1 atom stereocenters. The number of nitrogens with one attached hydrogen (secondary N) is 2. The Kier molecular flexibility index (Phi) is 3.42. The number of nitro benzene ring substituents is 1. The molecule has 0 aliphatic carbocycles. The molecule has 7 nitrogen and oxygen atoms in total. The fraction of sp³-hybridized carbons (Fsp3) is 0.364. The molecule has 0 aliphatic heterocycles. The largest absolute Gasteiger partial charge is 0.354 e. The predicted octanol–water partition coefficient (Wildman–Crippen LogP) is 1.62. The average molecular weight is 249 g/mol. The topological polar surface area (TPSA) is 110 Å². The van der Waals surface area contributed by atoms with Crippen LogP contribution < -0.4 is 11.1 Å². The van der Waals surface area contributed by atoms with Gasteiger partial charge in [0.25, 0.3) is 5.69 Å². The van der Waals surface area contributed by atoms with Crippen molar-refractivity contribution < 1.29 is 4.92 Å². The molecule has 0 fully saturated rings. The Morgan fingerprint density at radius 3 is 3.06 bits per heavy atom. The van der Waals surface area contributed by atoms with Crippen molar-refractivity contribution in [1.29, 1.82) is 0 Å². The molecule has 0 amide bonds. The first-order chi connectivity index (χ1) is 8.60. The molecule has 0 aliphatic rings. The summed E-state index contributed by atoms with van der Waals surface area (Å²) in [6.45, 7) is 2.62. The van der Waals surface area contributed by atoms with Crippen LogP contribution in [0.15, 0.2) is 18.2 Å². The summed E-state index contributed by atoms with van der Waals surface area (Å²) in [7, 11) is 0. The van der Waals surface area contributed by atoms with Crippen LogP contribution in [0.1, 0.15) is 13.3 Å². The minimum absolute atomic E-state index is 0.0444. The first kappa shape index (κ1) is 12.3. The van der Waals surface area contributed by atoms with Gasteiger partial charge in [0.05, 0.1) is 16.0 Å². The van der Waals surface area contributed by atoms with Crippen LogP contribution in [0.2, 0.25) is 0 Å². The highest BCUT2D eigenvalue weighted by Gasteiger charge is 2.09. The maximum atomic E-state index is 10.6. The standard InChI is InChI=1S/C11H15N5O2/c1-2-7(12)6-13-11-14-9-4-3-8(16(17)18)5-10(9)15-11/h3-5,7H,2,6,12H2,1H3,(H2,13,14,15). The van der Waals surface area contributed by atoms with Crippen molar-refractivity contribution in [2.45, 2.75) is 19.4 Å². The third-order valence-corrected chi connectivity index (χ3v) is 2.73. The molecule has 0 spiro atoms. The second kappa shape index (κ2) is 5.01. The van der Waals surface area contributed by atoms with Gasteiger partial charge in [-0.2, -0.15) is 0 Å². The summed E-state index contributed by atoms with van der Waals surface area (Å²) in [5, 5.41) is 13.7. The van der Waals surface area contributed by atoms with Crippen molar-refractivity contribution in [3.8, 4) is 0 Å². The third kappa shape index (κ3) is 2.57. The Morgan fingerprint density at radius 1 is 1.61 bits per heavy atom. The fourth-order valence-corrected chi connectivity index (χ4v) is 1.57. The van der Waals surface area contributed by atoms with Gasteiger partial charge in [-0.1, -0.05) is 6.92 Å². The number of H-pyrrole nitrogens is 1. The summed E-state index contributed by atoms with van der Waals surface area (Å²) >= 11 is 0. The summed E-state index contributed by atoms with van der Waals surface area (Å²) in [5.41, 5.74) is 7.15. The number of non-ortho nitro benzene ring substituents is 1. The lowest BCUT2D eigenvalue weighted by Crippen LogP contribution is -2.28. The van der Waals surface area contributed by atoms with E-state index in [0.717, 1.165) is 6.42 Å². The molecule has 0 bridgehead atoms. The lowest BCUT2D eigenvalue weighted by atomic mass is 10.2. The maximum absolute atomic E-state index is 10.6. The number of aromatic amines is 1. The molecule has 1 aromatic carbocycles. The Morgan fingerprint density at radius 2 is 2.39 bits per heavy atom. The smallest absolute Gasteiger partial charge is 0.271 e. The van der Waals surface area contributed by atoms with Crippen LogP contribution in [0, 0.1) is 10.1 Å². The Balaban J connectivity index is 2.19. The quantitative estimate of drug-likeness (QED) is 0.551. The van der Waals surface area contributed by atoms with E-state index in [-0.39, 0.29) is 11.7 Å². The number of hydrogen-bond acceptors (Lipinski definition) is 5. The van der Waals surface area contributed by atoms with Crippen LogP contribution in [0.3, 0.4) is 0 Å². The van der Waals surface area contributed by atoms with Crippen LogP contribution in [-0.4, -0.2) is 27.5 Å². The minimum atomic E-state index is -0.430. The molecule has 4 N–H and O–H groups in total. The second-order valence-electron chi connectivity index (χ2n) is 4.09. The molecule has 1 heterocycles. The molecule has 1 unspecified atom stereocenters. The van der Waals surface area contributed by atoms with Crippen molar-refractivity contribution in [1.82, 2.24) is 9.97 Å². The predicted molar refractivity (Wildman–Crippen MR) is 69.5 cm³/mol. The number of anilines is 1. The lowest BCUT2D eigenvalue weighted by molar-refractivity contribution is -0.384. The van der Waals surface area contributed by atoms with Crippen LogP contribution in [-0.2, 0) is 0 Å². The number of fused-ring (bicyclic) bond motifs is 1. The van der Waals surface area contributed by atoms with E-state index in [0.29, 0.717) is 23.5 Å². The van der Waals surface area contributed by atoms with Gasteiger partial charge in [-0.15, -0.1) is 0 Å². The summed E-state index contributed by atoms with van der Waals surface area (Å²) in [6, 6.07) is 4.58. The first-order valence-corrected chi connectivity index (χ1v) is 5.73. The highest BCUT2D eigenvalue weighted by Crippen LogP contribution is 2.20. The fourth-order valence-electron chi connectivity index (χ4n) is 1.57. The number of hydrogen-bond donors (Lipinski definition) is 3. The molecule has 96 valence electrons. The number of nitrogens with two attached hydrogens (primary N) is 1. The molecule has 2 aromatic rings. The number of nitrogens with zero attached hydrogens (tertiary/aromatic N) is 2. The Bertz CT molecular complexity index is 566. The summed E-state index contributed by atoms with van der Waals surface area (Å²) < 4.78 is 0. The normalized spacial score (nSPS) is 12.6. The van der Waals surface area contributed by atoms with E-state index < -0.39 is 4.92 Å². The first-order valence-electron chi connectivity index (χ1n) is 5.73. The Labute approximate surface area is 104 Å². The van der Waals surface area contributed by atoms with Gasteiger partial charge < -0.3 is 16.0 Å². The molecule has 0 radical (unpaired) electrons. The van der Waals surface area contributed by atoms with Gasteiger partial charge in [-0.05, 0) is 12.5 Å². The zero-order chi connectivity index (χ0) is 13.1. The highest BCUT2D eigenvalue weighted by molar-refractivity contribution is 5.79. The van der Waals surface area contributed by atoms with Gasteiger partial charge >= 0.3 is 0 Å². The van der Waals surface area contributed by atoms with Crippen LogP contribution in [0.25, 0.3) is 11.0 Å². The molecule has 1 aromatic heterocycles. The number of imidazole rings is 1. The van der Waals surface area contributed by atoms with Gasteiger partial charge in [0, 0.05) is 24.7 Å². The van der Waals surface area contributed by atoms with Crippen molar-refractivity contribution >= 4 is 22.7 Å². The van der Waals surface area contributed by atoms with Crippen LogP contribution >= 0.6 is 0 Å². The number of nitro groups is 1. The van der Waals surface area contributed by atoms with Crippen LogP contribution in [0.5, 0.6) is 0 Å². The van der Waals surface area contributed by atoms with E-state index in [2.05, 4.69) is 15.3 Å². The number of rotatable bonds is 5. The molecule has 7 heteroatoms. The zero-order valence-corrected chi connectivity index (χ0v) is 10.0. The summed E-state index contributed by atoms with van der Waals surface area (Å²) in [5.74, 6) is 0.578. The Hall–Kier alpha value is -2.15. The number of aromatic nitrogens is 2. The van der Waals surface area contributed by atoms with E-state index >= 15 is 0 Å². The van der Waals surface area contributed by atoms with Gasteiger partial charge in [-0.25, -0.2) is 4.98 Å². The maximum Gasteiger partial charge on any atom is 0.271 e.